The third kappa shape index (κ3) is 1.39. The number of aromatic nitrogens is 1. The van der Waals surface area contributed by atoms with Crippen molar-refractivity contribution >= 4 is 21.9 Å². The third-order valence-electron chi connectivity index (χ3n) is 4.89. The lowest BCUT2D eigenvalue weighted by Gasteiger charge is -2.23. The van der Waals surface area contributed by atoms with Crippen molar-refractivity contribution in [3.8, 4) is 0 Å². The predicted molar refractivity (Wildman–Crippen MR) is 82.2 cm³/mol. The van der Waals surface area contributed by atoms with Crippen LogP contribution in [0, 0.1) is 13.8 Å². The molecule has 3 nitrogen and oxygen atoms in total. The molecule has 0 fully saturated rings. The van der Waals surface area contributed by atoms with Gasteiger partial charge in [-0.1, -0.05) is 0 Å². The summed E-state index contributed by atoms with van der Waals surface area (Å²) in [6.07, 6.45) is 1.13. The van der Waals surface area contributed by atoms with Gasteiger partial charge in [-0.15, -0.1) is 0 Å². The second kappa shape index (κ2) is 3.89. The number of hydrogen-bond donors (Lipinski definition) is 0. The fourth-order valence-corrected chi connectivity index (χ4v) is 3.66. The number of likely N-dealkylation sites (N-methyl/N-ethyl adjacent to an activating group) is 1. The van der Waals surface area contributed by atoms with Gasteiger partial charge in [0.25, 0.3) is 0 Å². The molecule has 3 heterocycles. The monoisotopic (exact) mass is 268 g/mol. The molecule has 3 heteroatoms. The highest BCUT2D eigenvalue weighted by molar-refractivity contribution is 6.09. The van der Waals surface area contributed by atoms with Gasteiger partial charge in [-0.2, -0.15) is 0 Å². The molecule has 2 aromatic heterocycles. The smallest absolute Gasteiger partial charge is 0.135 e. The van der Waals surface area contributed by atoms with Crippen LogP contribution in [0.5, 0.6) is 0 Å². The number of nitrogens with zero attached hydrogens (tertiary/aromatic N) is 2. The van der Waals surface area contributed by atoms with Crippen LogP contribution in [-0.2, 0) is 20.0 Å². The number of aryl methyl sites for hydroxylation is 3. The van der Waals surface area contributed by atoms with Crippen molar-refractivity contribution in [1.82, 2.24) is 9.47 Å². The Labute approximate surface area is 118 Å². The first-order chi connectivity index (χ1) is 9.58. The Morgan fingerprint density at radius 1 is 1.10 bits per heavy atom. The molecule has 0 unspecified atom stereocenters. The number of rotatable bonds is 0. The second-order valence-electron chi connectivity index (χ2n) is 6.09. The van der Waals surface area contributed by atoms with Gasteiger partial charge in [0.05, 0.1) is 0 Å². The lowest BCUT2D eigenvalue weighted by Crippen LogP contribution is -2.26. The van der Waals surface area contributed by atoms with E-state index in [4.69, 9.17) is 4.42 Å². The van der Waals surface area contributed by atoms with Crippen LogP contribution in [0.1, 0.15) is 22.6 Å². The summed E-state index contributed by atoms with van der Waals surface area (Å²) < 4.78 is 8.28. The fourth-order valence-electron chi connectivity index (χ4n) is 3.66. The summed E-state index contributed by atoms with van der Waals surface area (Å²) in [5.41, 5.74) is 6.62. The highest BCUT2D eigenvalue weighted by Gasteiger charge is 2.24. The minimum Gasteiger partial charge on any atom is -0.461 e. The first-order valence-electron chi connectivity index (χ1n) is 7.25. The van der Waals surface area contributed by atoms with Gasteiger partial charge in [0.15, 0.2) is 0 Å². The van der Waals surface area contributed by atoms with Crippen LogP contribution in [0.4, 0.5) is 0 Å². The van der Waals surface area contributed by atoms with Gasteiger partial charge in [-0.3, -0.25) is 0 Å². The molecule has 104 valence electrons. The SMILES string of the molecule is Cc1oc2ccc3c(c4c(n3C)CCN(C)C4)c2c1C. The Bertz CT molecular complexity index is 838. The summed E-state index contributed by atoms with van der Waals surface area (Å²) in [4.78, 5) is 2.41. The summed E-state index contributed by atoms with van der Waals surface area (Å²) in [6.45, 7) is 6.41. The van der Waals surface area contributed by atoms with E-state index < -0.39 is 0 Å². The minimum absolute atomic E-state index is 1.02. The molecule has 0 saturated heterocycles. The standard InChI is InChI=1S/C17H20N2O/c1-10-11(2)20-15-6-5-14-17(16(10)15)12-9-18(3)8-7-13(12)19(14)4/h5-6H,7-9H2,1-4H3. The molecule has 1 aromatic carbocycles. The van der Waals surface area contributed by atoms with Crippen molar-refractivity contribution in [2.45, 2.75) is 26.8 Å². The summed E-state index contributed by atoms with van der Waals surface area (Å²) in [5.74, 6) is 1.04. The predicted octanol–water partition coefficient (Wildman–Crippen LogP) is 3.53. The van der Waals surface area contributed by atoms with Crippen LogP contribution in [-0.4, -0.2) is 23.1 Å². The maximum Gasteiger partial charge on any atom is 0.135 e. The Balaban J connectivity index is 2.21. The van der Waals surface area contributed by atoms with Crippen LogP contribution >= 0.6 is 0 Å². The first-order valence-corrected chi connectivity index (χ1v) is 7.25. The van der Waals surface area contributed by atoms with Crippen molar-refractivity contribution in [1.29, 1.82) is 0 Å². The van der Waals surface area contributed by atoms with Gasteiger partial charge < -0.3 is 13.9 Å². The van der Waals surface area contributed by atoms with E-state index in [0.29, 0.717) is 0 Å². The summed E-state index contributed by atoms with van der Waals surface area (Å²) in [5, 5.41) is 2.72. The maximum absolute atomic E-state index is 5.91. The second-order valence-corrected chi connectivity index (χ2v) is 6.09. The normalized spacial score (nSPS) is 16.2. The van der Waals surface area contributed by atoms with E-state index in [2.05, 4.69) is 49.5 Å². The Kier molecular flexibility index (Phi) is 2.34. The van der Waals surface area contributed by atoms with E-state index in [1.54, 1.807) is 0 Å². The van der Waals surface area contributed by atoms with E-state index in [0.717, 1.165) is 30.9 Å². The molecule has 0 bridgehead atoms. The highest BCUT2D eigenvalue weighted by Crippen LogP contribution is 2.38. The highest BCUT2D eigenvalue weighted by atomic mass is 16.3. The van der Waals surface area contributed by atoms with Crippen LogP contribution in [0.15, 0.2) is 16.5 Å². The molecule has 1 aliphatic heterocycles. The molecule has 0 aliphatic carbocycles. The van der Waals surface area contributed by atoms with Crippen molar-refractivity contribution in [3.63, 3.8) is 0 Å². The van der Waals surface area contributed by atoms with Crippen LogP contribution in [0.2, 0.25) is 0 Å². The van der Waals surface area contributed by atoms with Gasteiger partial charge in [0, 0.05) is 48.5 Å². The quantitative estimate of drug-likeness (QED) is 0.622. The summed E-state index contributed by atoms with van der Waals surface area (Å²) in [7, 11) is 4.40. The van der Waals surface area contributed by atoms with Gasteiger partial charge in [-0.05, 0) is 44.2 Å². The van der Waals surface area contributed by atoms with Crippen molar-refractivity contribution in [2.24, 2.45) is 7.05 Å². The molecule has 0 atom stereocenters. The largest absolute Gasteiger partial charge is 0.461 e. The fraction of sp³-hybridized carbons (Fsp3) is 0.412. The molecule has 3 aromatic rings. The maximum atomic E-state index is 5.91. The van der Waals surface area contributed by atoms with E-state index in [1.165, 1.54) is 33.1 Å². The van der Waals surface area contributed by atoms with Gasteiger partial charge in [0.2, 0.25) is 0 Å². The van der Waals surface area contributed by atoms with Crippen molar-refractivity contribution in [3.05, 3.63) is 34.7 Å². The molecule has 4 rings (SSSR count). The van der Waals surface area contributed by atoms with Crippen molar-refractivity contribution in [2.75, 3.05) is 13.6 Å². The van der Waals surface area contributed by atoms with Crippen molar-refractivity contribution < 1.29 is 4.42 Å². The average Bonchev–Trinajstić information content (AvgIpc) is 2.86. The molecule has 1 aliphatic rings. The number of fused-ring (bicyclic) bond motifs is 5. The van der Waals surface area contributed by atoms with E-state index in [1.807, 2.05) is 0 Å². The Morgan fingerprint density at radius 3 is 2.70 bits per heavy atom. The molecular formula is C17H20N2O. The zero-order chi connectivity index (χ0) is 14.0. The average molecular weight is 268 g/mol. The number of furan rings is 1. The molecule has 0 N–H and O–H groups in total. The molecule has 0 amide bonds. The lowest BCUT2D eigenvalue weighted by molar-refractivity contribution is 0.310. The lowest BCUT2D eigenvalue weighted by atomic mass is 10.0. The van der Waals surface area contributed by atoms with E-state index in [-0.39, 0.29) is 0 Å². The molecule has 0 radical (unpaired) electrons. The van der Waals surface area contributed by atoms with Crippen LogP contribution in [0.25, 0.3) is 21.9 Å². The van der Waals surface area contributed by atoms with Gasteiger partial charge >= 0.3 is 0 Å². The summed E-state index contributed by atoms with van der Waals surface area (Å²) >= 11 is 0. The van der Waals surface area contributed by atoms with Gasteiger partial charge in [0.1, 0.15) is 11.3 Å². The van der Waals surface area contributed by atoms with Gasteiger partial charge in [-0.25, -0.2) is 0 Å². The molecule has 0 spiro atoms. The third-order valence-corrected chi connectivity index (χ3v) is 4.89. The Morgan fingerprint density at radius 2 is 1.90 bits per heavy atom. The molecular weight excluding hydrogens is 248 g/mol. The zero-order valence-electron chi connectivity index (χ0n) is 12.6. The molecule has 20 heavy (non-hydrogen) atoms. The van der Waals surface area contributed by atoms with E-state index in [9.17, 15) is 0 Å². The first kappa shape index (κ1) is 12.0. The van der Waals surface area contributed by atoms with E-state index >= 15 is 0 Å². The topological polar surface area (TPSA) is 21.3 Å². The Hall–Kier alpha value is -1.74. The minimum atomic E-state index is 1.02. The van der Waals surface area contributed by atoms with Crippen LogP contribution < -0.4 is 0 Å². The zero-order valence-corrected chi connectivity index (χ0v) is 12.6. The number of benzene rings is 1. The summed E-state index contributed by atoms with van der Waals surface area (Å²) in [6, 6.07) is 4.32. The molecule has 0 saturated carbocycles. The number of hydrogen-bond acceptors (Lipinski definition) is 2. The van der Waals surface area contributed by atoms with Crippen LogP contribution in [0.3, 0.4) is 0 Å².